The topological polar surface area (TPSA) is 202 Å². The second-order valence-corrected chi connectivity index (χ2v) is 20.9. The molecule has 4 amide bonds. The summed E-state index contributed by atoms with van der Waals surface area (Å²) in [6.07, 6.45) is 7.54. The summed E-state index contributed by atoms with van der Waals surface area (Å²) < 4.78 is 14.8. The van der Waals surface area contributed by atoms with Crippen LogP contribution in [0, 0.1) is 0 Å². The predicted octanol–water partition coefficient (Wildman–Crippen LogP) is 8.52. The number of pyridine rings is 2. The molecule has 2 aliphatic heterocycles. The molecule has 22 heteroatoms. The highest BCUT2D eigenvalue weighted by Gasteiger charge is 2.28. The van der Waals surface area contributed by atoms with Gasteiger partial charge in [0.2, 0.25) is 0 Å². The van der Waals surface area contributed by atoms with Crippen LogP contribution in [0.1, 0.15) is 82.8 Å². The van der Waals surface area contributed by atoms with Gasteiger partial charge in [0.1, 0.15) is 22.6 Å². The normalized spacial score (nSPS) is 14.4. The molecule has 2 fully saturated rings. The zero-order valence-electron chi connectivity index (χ0n) is 39.0. The van der Waals surface area contributed by atoms with Crippen molar-refractivity contribution in [2.75, 3.05) is 72.8 Å². The van der Waals surface area contributed by atoms with E-state index in [2.05, 4.69) is 56.3 Å². The van der Waals surface area contributed by atoms with E-state index in [4.69, 9.17) is 9.47 Å². The number of hydrogen-bond acceptors (Lipinski definition) is 15. The number of anilines is 4. The highest BCUT2D eigenvalue weighted by Crippen LogP contribution is 2.29. The molecule has 6 aromatic rings. The molecule has 2 saturated heterocycles. The summed E-state index contributed by atoms with van der Waals surface area (Å²) in [5.74, 6) is -0.684. The van der Waals surface area contributed by atoms with Gasteiger partial charge in [0.05, 0.1) is 46.2 Å². The number of carbonyl (C=O) groups is 4. The lowest BCUT2D eigenvalue weighted by Gasteiger charge is -2.27. The Morgan fingerprint density at radius 1 is 0.652 bits per heavy atom. The van der Waals surface area contributed by atoms with Gasteiger partial charge in [-0.3, -0.25) is 24.1 Å². The number of halogens is 1. The van der Waals surface area contributed by atoms with Gasteiger partial charge in [-0.05, 0) is 94.6 Å². The molecule has 8 rings (SSSR count). The summed E-state index contributed by atoms with van der Waals surface area (Å²) in [5, 5.41) is 9.59. The third-order valence-electron chi connectivity index (χ3n) is 10.7. The van der Waals surface area contributed by atoms with E-state index in [1.54, 1.807) is 57.0 Å². The minimum Gasteiger partial charge on any atom is -0.444 e. The smallest absolute Gasteiger partial charge is 0.410 e. The van der Waals surface area contributed by atoms with Gasteiger partial charge in [-0.25, -0.2) is 28.9 Å². The number of carbonyl (C=O) groups excluding carboxylic acids is 4. The first kappa shape index (κ1) is 52.0. The van der Waals surface area contributed by atoms with Gasteiger partial charge < -0.3 is 39.7 Å². The Labute approximate surface area is 417 Å². The van der Waals surface area contributed by atoms with Gasteiger partial charge in [-0.1, -0.05) is 19.6 Å². The minimum absolute atomic E-state index is 0. The van der Waals surface area contributed by atoms with Crippen molar-refractivity contribution in [2.24, 2.45) is 7.05 Å². The minimum atomic E-state index is -0.553. The van der Waals surface area contributed by atoms with E-state index < -0.39 is 17.1 Å². The molecule has 0 saturated carbocycles. The summed E-state index contributed by atoms with van der Waals surface area (Å²) in [6.45, 7) is 16.1. The fourth-order valence-corrected chi connectivity index (χ4v) is 9.33. The van der Waals surface area contributed by atoms with E-state index in [-0.39, 0.29) is 36.9 Å². The average Bonchev–Trinajstić information content (AvgIpc) is 3.88. The third-order valence-corrected chi connectivity index (χ3v) is 12.8. The Kier molecular flexibility index (Phi) is 16.8. The number of benzene rings is 1. The maximum Gasteiger partial charge on any atom is 0.410 e. The van der Waals surface area contributed by atoms with Gasteiger partial charge >= 0.3 is 17.9 Å². The second-order valence-electron chi connectivity index (χ2n) is 18.0. The Morgan fingerprint density at radius 2 is 1.13 bits per heavy atom. The molecule has 0 bridgehead atoms. The van der Waals surface area contributed by atoms with Crippen molar-refractivity contribution in [1.82, 2.24) is 38.9 Å². The molecule has 0 unspecified atom stereocenters. The van der Waals surface area contributed by atoms with Crippen LogP contribution in [0.2, 0.25) is 0 Å². The van der Waals surface area contributed by atoms with Crippen LogP contribution in [0.3, 0.4) is 0 Å². The maximum atomic E-state index is 13.2. The molecule has 19 nitrogen and oxygen atoms in total. The fraction of sp³-hybridized carbons (Fsp3) is 0.426. The van der Waals surface area contributed by atoms with Crippen molar-refractivity contribution in [3.05, 3.63) is 97.7 Å². The van der Waals surface area contributed by atoms with E-state index in [0.717, 1.165) is 41.8 Å². The molecule has 5 aromatic heterocycles. The molecule has 0 spiro atoms. The monoisotopic (exact) mass is 1050 g/mol. The van der Waals surface area contributed by atoms with Crippen molar-refractivity contribution in [3.63, 3.8) is 0 Å². The van der Waals surface area contributed by atoms with Crippen LogP contribution in [-0.4, -0.2) is 126 Å². The largest absolute Gasteiger partial charge is 0.444 e. The van der Waals surface area contributed by atoms with Gasteiger partial charge in [-0.2, -0.15) is 0 Å². The molecule has 368 valence electrons. The van der Waals surface area contributed by atoms with Gasteiger partial charge in [0.25, 0.3) is 11.8 Å². The molecule has 1 aromatic carbocycles. The van der Waals surface area contributed by atoms with E-state index in [1.807, 2.05) is 77.9 Å². The number of hydrogen-bond donors (Lipinski definition) is 2. The number of thiazole rings is 2. The molecular weight excluding hydrogens is 989 g/mol. The summed E-state index contributed by atoms with van der Waals surface area (Å²) >= 11 is 5.85. The second kappa shape index (κ2) is 22.4. The highest BCUT2D eigenvalue weighted by atomic mass is 79.9. The number of rotatable bonds is 7. The van der Waals surface area contributed by atoms with Gasteiger partial charge in [0.15, 0.2) is 9.05 Å². The Bertz CT molecular complexity index is 2830. The molecule has 0 atom stereocenters. The zero-order valence-corrected chi connectivity index (χ0v) is 42.2. The summed E-state index contributed by atoms with van der Waals surface area (Å²) in [4.78, 5) is 88.3. The maximum absolute atomic E-state index is 13.2. The molecule has 69 heavy (non-hydrogen) atoms. The number of fused-ring (bicyclic) bond motifs is 1. The summed E-state index contributed by atoms with van der Waals surface area (Å²) in [7, 11) is 1.71. The van der Waals surface area contributed by atoms with Crippen molar-refractivity contribution in [1.29, 1.82) is 0 Å². The van der Waals surface area contributed by atoms with E-state index in [0.29, 0.717) is 71.9 Å². The SMILES string of the molecule is C.CC(C)(C)OC(=O)N1CCCN(c2ccncc2NC(=O)c2csc(Br)n2)CC1.Cn1c(=O)n(-c2nc(C(=O)Nc3cnccc3N3CCCN(C(=O)OC(C)(C)C)CC3)cs2)c2ccccc21. The molecule has 0 radical (unpaired) electrons. The molecule has 0 aliphatic carbocycles. The van der Waals surface area contributed by atoms with Crippen LogP contribution in [0.15, 0.2) is 80.7 Å². The summed E-state index contributed by atoms with van der Waals surface area (Å²) in [5.41, 5.74) is 3.61. The number of nitrogens with zero attached hydrogens (tertiary/aromatic N) is 10. The first-order valence-electron chi connectivity index (χ1n) is 22.0. The van der Waals surface area contributed by atoms with Crippen LogP contribution in [0.4, 0.5) is 32.3 Å². The van der Waals surface area contributed by atoms with Gasteiger partial charge in [-0.15, -0.1) is 22.7 Å². The van der Waals surface area contributed by atoms with Crippen molar-refractivity contribution >= 4 is 96.4 Å². The number of amides is 4. The van der Waals surface area contributed by atoms with Gasteiger partial charge in [0, 0.05) is 82.6 Å². The van der Waals surface area contributed by atoms with Crippen molar-refractivity contribution in [2.45, 2.75) is 73.0 Å². The van der Waals surface area contributed by atoms with E-state index in [1.165, 1.54) is 27.2 Å². The van der Waals surface area contributed by atoms with Crippen LogP contribution in [0.5, 0.6) is 0 Å². The lowest BCUT2D eigenvalue weighted by molar-refractivity contribution is 0.0253. The van der Waals surface area contributed by atoms with E-state index >= 15 is 0 Å². The first-order chi connectivity index (χ1) is 32.3. The number of nitrogens with one attached hydrogen (secondary N) is 2. The lowest BCUT2D eigenvalue weighted by Crippen LogP contribution is -2.39. The highest BCUT2D eigenvalue weighted by molar-refractivity contribution is 9.11. The standard InChI is InChI=1S/C27H31N7O4S.C19H24BrN5O3S.CH4/c1-27(2,3)38-26(37)33-13-7-12-32(14-15-33)20-10-11-28-16-18(20)29-23(35)19-17-39-24(30-19)34-22-9-6-5-8-21(22)31(4)25(34)36;1-19(2,3)28-18(27)25-8-4-7-24(9-10-25)15-5-6-21-11-13(15)22-16(26)14-12-29-17(20)23-14;/h5-6,8-11,16-17H,7,12-15H2,1-4H3,(H,29,35);5-6,11-12H,4,7-10H2,1-3H3,(H,22,26);1H4. The Morgan fingerprint density at radius 3 is 1.61 bits per heavy atom. The van der Waals surface area contributed by atoms with Crippen molar-refractivity contribution < 1.29 is 28.7 Å². The molecule has 2 aliphatic rings. The van der Waals surface area contributed by atoms with E-state index in [9.17, 15) is 24.0 Å². The van der Waals surface area contributed by atoms with Crippen LogP contribution >= 0.6 is 38.6 Å². The van der Waals surface area contributed by atoms with Crippen molar-refractivity contribution in [3.8, 4) is 5.13 Å². The Hall–Kier alpha value is -6.39. The quantitative estimate of drug-likeness (QED) is 0.154. The fourth-order valence-electron chi connectivity index (χ4n) is 7.53. The number of aromatic nitrogens is 6. The Balaban J connectivity index is 0.000000233. The predicted molar refractivity (Wildman–Crippen MR) is 274 cm³/mol. The third kappa shape index (κ3) is 13.2. The summed E-state index contributed by atoms with van der Waals surface area (Å²) in [6, 6.07) is 11.2. The van der Waals surface area contributed by atoms with Crippen LogP contribution < -0.4 is 26.1 Å². The molecular formula is C47H59BrN12O7S2. The first-order valence-corrected chi connectivity index (χ1v) is 24.6. The number of ether oxygens (including phenoxy) is 2. The number of aryl methyl sites for hydroxylation is 1. The average molecular weight is 1050 g/mol. The van der Waals surface area contributed by atoms with Crippen LogP contribution in [0.25, 0.3) is 16.2 Å². The number of para-hydroxylation sites is 2. The molecule has 2 N–H and O–H groups in total. The van der Waals surface area contributed by atoms with Crippen LogP contribution in [-0.2, 0) is 16.5 Å². The molecule has 7 heterocycles. The number of imidazole rings is 1. The lowest BCUT2D eigenvalue weighted by atomic mass is 10.2. The zero-order chi connectivity index (χ0) is 48.8.